The number of rotatable bonds is 2. The Morgan fingerprint density at radius 3 is 3.25 bits per heavy atom. The maximum atomic E-state index is 12.3. The second-order valence-electron chi connectivity index (χ2n) is 4.83. The monoisotopic (exact) mass is 291 g/mol. The van der Waals surface area contributed by atoms with Gasteiger partial charge in [-0.15, -0.1) is 0 Å². The number of carbonyl (C=O) groups excluding carboxylic acids is 1. The summed E-state index contributed by atoms with van der Waals surface area (Å²) in [7, 11) is 0. The number of nitrogens with zero attached hydrogens (tertiary/aromatic N) is 2. The van der Waals surface area contributed by atoms with Crippen LogP contribution in [0.3, 0.4) is 0 Å². The maximum absolute atomic E-state index is 12.3. The van der Waals surface area contributed by atoms with Crippen molar-refractivity contribution >= 4 is 17.5 Å². The number of hydrogen-bond donors (Lipinski definition) is 1. The van der Waals surface area contributed by atoms with E-state index in [1.807, 2.05) is 6.07 Å². The summed E-state index contributed by atoms with van der Waals surface area (Å²) in [5, 5.41) is 3.23. The number of amides is 1. The molecule has 3 rings (SSSR count). The quantitative estimate of drug-likeness (QED) is 0.924. The standard InChI is InChI=1S/C14H14ClN3O2/c1-8-16-7-10(15)13(17-8)14(19)18-11-3-2-4-12-9(11)5-6-20-12/h5-7,11H,2-4H2,1H3,(H,18,19)/t11-/m0/s1. The van der Waals surface area contributed by atoms with Crippen LogP contribution in [0.5, 0.6) is 0 Å². The van der Waals surface area contributed by atoms with E-state index in [2.05, 4.69) is 15.3 Å². The number of halogens is 1. The molecule has 1 amide bonds. The van der Waals surface area contributed by atoms with Gasteiger partial charge in [0.05, 0.1) is 23.5 Å². The van der Waals surface area contributed by atoms with Crippen molar-refractivity contribution in [2.45, 2.75) is 32.2 Å². The van der Waals surface area contributed by atoms with Crippen molar-refractivity contribution in [3.05, 3.63) is 46.4 Å². The summed E-state index contributed by atoms with van der Waals surface area (Å²) in [5.41, 5.74) is 1.27. The molecule has 1 aliphatic rings. The van der Waals surface area contributed by atoms with Gasteiger partial charge in [0.1, 0.15) is 17.3 Å². The van der Waals surface area contributed by atoms with Crippen LogP contribution >= 0.6 is 11.6 Å². The Hall–Kier alpha value is -1.88. The zero-order valence-electron chi connectivity index (χ0n) is 11.0. The molecular weight excluding hydrogens is 278 g/mol. The number of furan rings is 1. The molecule has 0 spiro atoms. The van der Waals surface area contributed by atoms with E-state index in [0.717, 1.165) is 30.6 Å². The van der Waals surface area contributed by atoms with Gasteiger partial charge in [0.2, 0.25) is 0 Å². The van der Waals surface area contributed by atoms with Crippen LogP contribution < -0.4 is 5.32 Å². The van der Waals surface area contributed by atoms with Gasteiger partial charge < -0.3 is 9.73 Å². The van der Waals surface area contributed by atoms with Gasteiger partial charge in [0, 0.05) is 12.0 Å². The molecule has 0 aromatic carbocycles. The van der Waals surface area contributed by atoms with Crippen molar-refractivity contribution in [1.29, 1.82) is 0 Å². The lowest BCUT2D eigenvalue weighted by atomic mass is 9.93. The van der Waals surface area contributed by atoms with E-state index in [-0.39, 0.29) is 22.7 Å². The minimum absolute atomic E-state index is 0.0451. The fourth-order valence-corrected chi connectivity index (χ4v) is 2.65. The van der Waals surface area contributed by atoms with Crippen LogP contribution in [0, 0.1) is 6.92 Å². The van der Waals surface area contributed by atoms with Crippen molar-refractivity contribution in [3.8, 4) is 0 Å². The highest BCUT2D eigenvalue weighted by Crippen LogP contribution is 2.30. The number of hydrogen-bond acceptors (Lipinski definition) is 4. The SMILES string of the molecule is Cc1ncc(Cl)c(C(=O)N[C@H]2CCCc3occc32)n1. The Labute approximate surface area is 121 Å². The fraction of sp³-hybridized carbons (Fsp3) is 0.357. The maximum Gasteiger partial charge on any atom is 0.272 e. The van der Waals surface area contributed by atoms with Gasteiger partial charge in [-0.05, 0) is 25.8 Å². The first-order valence-electron chi connectivity index (χ1n) is 6.51. The molecule has 2 heterocycles. The van der Waals surface area contributed by atoms with Crippen LogP contribution in [0.2, 0.25) is 5.02 Å². The highest BCUT2D eigenvalue weighted by atomic mass is 35.5. The minimum atomic E-state index is -0.278. The van der Waals surface area contributed by atoms with Crippen molar-refractivity contribution < 1.29 is 9.21 Å². The molecule has 0 saturated carbocycles. The average Bonchev–Trinajstić information content (AvgIpc) is 2.91. The summed E-state index contributed by atoms with van der Waals surface area (Å²) >= 11 is 5.98. The van der Waals surface area contributed by atoms with Gasteiger partial charge in [-0.1, -0.05) is 11.6 Å². The molecule has 0 bridgehead atoms. The molecule has 0 fully saturated rings. The number of nitrogens with one attached hydrogen (secondary N) is 1. The second kappa shape index (κ2) is 5.25. The molecule has 2 aromatic rings. The van der Waals surface area contributed by atoms with E-state index >= 15 is 0 Å². The van der Waals surface area contributed by atoms with Crippen molar-refractivity contribution in [2.24, 2.45) is 0 Å². The third kappa shape index (κ3) is 2.41. The summed E-state index contributed by atoms with van der Waals surface area (Å²) < 4.78 is 5.41. The van der Waals surface area contributed by atoms with E-state index in [4.69, 9.17) is 16.0 Å². The van der Waals surface area contributed by atoms with Gasteiger partial charge >= 0.3 is 0 Å². The lowest BCUT2D eigenvalue weighted by Crippen LogP contribution is -2.31. The molecule has 0 saturated heterocycles. The van der Waals surface area contributed by atoms with Crippen molar-refractivity contribution in [2.75, 3.05) is 0 Å². The van der Waals surface area contributed by atoms with Gasteiger partial charge in [-0.3, -0.25) is 4.79 Å². The molecule has 6 heteroatoms. The van der Waals surface area contributed by atoms with E-state index < -0.39 is 0 Å². The molecule has 1 aliphatic carbocycles. The van der Waals surface area contributed by atoms with Crippen molar-refractivity contribution in [3.63, 3.8) is 0 Å². The molecule has 0 aliphatic heterocycles. The lowest BCUT2D eigenvalue weighted by molar-refractivity contribution is 0.0927. The van der Waals surface area contributed by atoms with Crippen LogP contribution in [0.25, 0.3) is 0 Å². The highest BCUT2D eigenvalue weighted by molar-refractivity contribution is 6.33. The largest absolute Gasteiger partial charge is 0.469 e. The van der Waals surface area contributed by atoms with Gasteiger partial charge in [0.25, 0.3) is 5.91 Å². The zero-order valence-corrected chi connectivity index (χ0v) is 11.8. The van der Waals surface area contributed by atoms with Crippen LogP contribution in [0.4, 0.5) is 0 Å². The van der Waals surface area contributed by atoms with Crippen LogP contribution in [0.1, 0.15) is 46.5 Å². The molecule has 2 aromatic heterocycles. The first kappa shape index (κ1) is 13.1. The molecule has 1 atom stereocenters. The Balaban J connectivity index is 1.82. The number of aryl methyl sites for hydroxylation is 2. The van der Waals surface area contributed by atoms with Gasteiger partial charge in [0.15, 0.2) is 0 Å². The summed E-state index contributed by atoms with van der Waals surface area (Å²) in [6, 6.07) is 1.86. The van der Waals surface area contributed by atoms with Crippen LogP contribution in [0.15, 0.2) is 22.9 Å². The molecule has 104 valence electrons. The Morgan fingerprint density at radius 2 is 2.40 bits per heavy atom. The molecule has 0 radical (unpaired) electrons. The lowest BCUT2D eigenvalue weighted by Gasteiger charge is -2.22. The van der Waals surface area contributed by atoms with Crippen LogP contribution in [-0.4, -0.2) is 15.9 Å². The normalized spacial score (nSPS) is 17.6. The highest BCUT2D eigenvalue weighted by Gasteiger charge is 2.25. The summed E-state index contributed by atoms with van der Waals surface area (Å²) in [5.74, 6) is 1.19. The Kier molecular flexibility index (Phi) is 3.44. The molecule has 0 unspecified atom stereocenters. The average molecular weight is 292 g/mol. The first-order valence-corrected chi connectivity index (χ1v) is 6.89. The van der Waals surface area contributed by atoms with Crippen LogP contribution in [-0.2, 0) is 6.42 Å². The third-order valence-electron chi connectivity index (χ3n) is 3.44. The van der Waals surface area contributed by atoms with E-state index in [1.54, 1.807) is 13.2 Å². The number of aromatic nitrogens is 2. The first-order chi connectivity index (χ1) is 9.65. The fourth-order valence-electron chi connectivity index (χ4n) is 2.48. The van der Waals surface area contributed by atoms with Gasteiger partial charge in [-0.25, -0.2) is 9.97 Å². The molecular formula is C14H14ClN3O2. The molecule has 20 heavy (non-hydrogen) atoms. The summed E-state index contributed by atoms with van der Waals surface area (Å²) in [6.07, 6.45) is 5.91. The van der Waals surface area contributed by atoms with E-state index in [1.165, 1.54) is 6.20 Å². The molecule has 5 nitrogen and oxygen atoms in total. The summed E-state index contributed by atoms with van der Waals surface area (Å²) in [6.45, 7) is 1.72. The number of fused-ring (bicyclic) bond motifs is 1. The third-order valence-corrected chi connectivity index (χ3v) is 3.71. The smallest absolute Gasteiger partial charge is 0.272 e. The Bertz CT molecular complexity index is 654. The zero-order chi connectivity index (χ0) is 14.1. The van der Waals surface area contributed by atoms with E-state index in [9.17, 15) is 4.79 Å². The number of carbonyl (C=O) groups is 1. The molecule has 1 N–H and O–H groups in total. The predicted octanol–water partition coefficient (Wildman–Crippen LogP) is 2.84. The predicted molar refractivity (Wildman–Crippen MR) is 73.6 cm³/mol. The van der Waals surface area contributed by atoms with Crippen molar-refractivity contribution in [1.82, 2.24) is 15.3 Å². The topological polar surface area (TPSA) is 68.0 Å². The minimum Gasteiger partial charge on any atom is -0.469 e. The van der Waals surface area contributed by atoms with Gasteiger partial charge in [-0.2, -0.15) is 0 Å². The Morgan fingerprint density at radius 1 is 1.55 bits per heavy atom. The summed E-state index contributed by atoms with van der Waals surface area (Å²) in [4.78, 5) is 20.4. The van der Waals surface area contributed by atoms with E-state index in [0.29, 0.717) is 5.82 Å². The second-order valence-corrected chi connectivity index (χ2v) is 5.24.